The number of carbonyl (C=O) groups is 2. The summed E-state index contributed by atoms with van der Waals surface area (Å²) in [6.45, 7) is 3.80. The molecule has 0 aliphatic rings. The standard InChI is InChI=1S/C16H20N2O3S/c1-3-16(4-2,15(20)21)11-17-14(19)13-12(7-10-22-13)18-8-5-6-9-18/h5-10H,3-4,11H2,1-2H3,(H,17,19)(H,20,21). The molecule has 0 spiro atoms. The van der Waals surface area contributed by atoms with Crippen LogP contribution in [-0.2, 0) is 4.79 Å². The van der Waals surface area contributed by atoms with Crippen LogP contribution in [0.15, 0.2) is 36.0 Å². The molecule has 2 aromatic rings. The predicted molar refractivity (Wildman–Crippen MR) is 86.6 cm³/mol. The van der Waals surface area contributed by atoms with Gasteiger partial charge in [0, 0.05) is 18.9 Å². The van der Waals surface area contributed by atoms with Crippen molar-refractivity contribution >= 4 is 23.2 Å². The molecule has 0 aliphatic carbocycles. The lowest BCUT2D eigenvalue weighted by Gasteiger charge is -2.26. The van der Waals surface area contributed by atoms with Crippen LogP contribution in [0.1, 0.15) is 36.4 Å². The highest BCUT2D eigenvalue weighted by molar-refractivity contribution is 7.12. The molecular weight excluding hydrogens is 300 g/mol. The smallest absolute Gasteiger partial charge is 0.311 e. The average Bonchev–Trinajstić information content (AvgIpc) is 3.18. The van der Waals surface area contributed by atoms with Crippen LogP contribution >= 0.6 is 11.3 Å². The van der Waals surface area contributed by atoms with Crippen molar-refractivity contribution in [2.45, 2.75) is 26.7 Å². The maximum absolute atomic E-state index is 12.4. The van der Waals surface area contributed by atoms with Crippen LogP contribution in [-0.4, -0.2) is 28.1 Å². The summed E-state index contributed by atoms with van der Waals surface area (Å²) in [6.07, 6.45) is 4.71. The number of rotatable bonds is 7. The number of hydrogen-bond donors (Lipinski definition) is 2. The van der Waals surface area contributed by atoms with Crippen molar-refractivity contribution in [3.8, 4) is 5.69 Å². The number of nitrogens with zero attached hydrogens (tertiary/aromatic N) is 1. The van der Waals surface area contributed by atoms with Crippen LogP contribution in [0.2, 0.25) is 0 Å². The Labute approximate surface area is 133 Å². The van der Waals surface area contributed by atoms with Gasteiger partial charge in [-0.3, -0.25) is 9.59 Å². The van der Waals surface area contributed by atoms with Gasteiger partial charge in [-0.2, -0.15) is 0 Å². The molecule has 2 aromatic heterocycles. The lowest BCUT2D eigenvalue weighted by atomic mass is 9.82. The molecule has 2 N–H and O–H groups in total. The SMILES string of the molecule is CCC(CC)(CNC(=O)c1sccc1-n1cccc1)C(=O)O. The molecule has 0 unspecified atom stereocenters. The van der Waals surface area contributed by atoms with Gasteiger partial charge in [0.1, 0.15) is 4.88 Å². The van der Waals surface area contributed by atoms with Crippen LogP contribution in [0.4, 0.5) is 0 Å². The first-order chi connectivity index (χ1) is 10.5. The van der Waals surface area contributed by atoms with Crippen molar-refractivity contribution in [1.29, 1.82) is 0 Å². The fourth-order valence-corrected chi connectivity index (χ4v) is 3.19. The number of carbonyl (C=O) groups excluding carboxylic acids is 1. The number of aromatic nitrogens is 1. The van der Waals surface area contributed by atoms with E-state index in [1.54, 1.807) is 0 Å². The van der Waals surface area contributed by atoms with Gasteiger partial charge in [-0.25, -0.2) is 0 Å². The summed E-state index contributed by atoms with van der Waals surface area (Å²) < 4.78 is 1.87. The fraction of sp³-hybridized carbons (Fsp3) is 0.375. The van der Waals surface area contributed by atoms with Gasteiger partial charge in [0.15, 0.2) is 0 Å². The van der Waals surface area contributed by atoms with E-state index < -0.39 is 11.4 Å². The third-order valence-corrected chi connectivity index (χ3v) is 5.03. The zero-order valence-electron chi connectivity index (χ0n) is 12.7. The summed E-state index contributed by atoms with van der Waals surface area (Å²) in [6, 6.07) is 5.66. The van der Waals surface area contributed by atoms with Crippen LogP contribution in [0.5, 0.6) is 0 Å². The molecule has 0 saturated heterocycles. The monoisotopic (exact) mass is 320 g/mol. The number of aliphatic carboxylic acids is 1. The van der Waals surface area contributed by atoms with Gasteiger partial charge < -0.3 is 15.0 Å². The maximum atomic E-state index is 12.4. The van der Waals surface area contributed by atoms with Crippen LogP contribution in [0.3, 0.4) is 0 Å². The summed E-state index contributed by atoms with van der Waals surface area (Å²) in [5, 5.41) is 14.1. The maximum Gasteiger partial charge on any atom is 0.311 e. The van der Waals surface area contributed by atoms with Gasteiger partial charge in [0.05, 0.1) is 11.1 Å². The Hall–Kier alpha value is -2.08. The topological polar surface area (TPSA) is 71.3 Å². The molecule has 0 bridgehead atoms. The van der Waals surface area contributed by atoms with E-state index in [4.69, 9.17) is 0 Å². The summed E-state index contributed by atoms with van der Waals surface area (Å²) in [7, 11) is 0. The highest BCUT2D eigenvalue weighted by Gasteiger charge is 2.35. The van der Waals surface area contributed by atoms with Crippen molar-refractivity contribution in [1.82, 2.24) is 9.88 Å². The van der Waals surface area contributed by atoms with E-state index in [1.807, 2.05) is 54.4 Å². The molecule has 5 nitrogen and oxygen atoms in total. The lowest BCUT2D eigenvalue weighted by Crippen LogP contribution is -2.42. The quantitative estimate of drug-likeness (QED) is 0.823. The molecule has 0 atom stereocenters. The Balaban J connectivity index is 2.14. The molecule has 0 aliphatic heterocycles. The number of carboxylic acids is 1. The van der Waals surface area contributed by atoms with E-state index in [0.717, 1.165) is 5.69 Å². The Morgan fingerprint density at radius 3 is 2.45 bits per heavy atom. The average molecular weight is 320 g/mol. The zero-order chi connectivity index (χ0) is 16.2. The molecular formula is C16H20N2O3S. The van der Waals surface area contributed by atoms with Crippen molar-refractivity contribution < 1.29 is 14.7 Å². The van der Waals surface area contributed by atoms with E-state index in [2.05, 4.69) is 5.32 Å². The fourth-order valence-electron chi connectivity index (χ4n) is 2.38. The van der Waals surface area contributed by atoms with Gasteiger partial charge in [0.25, 0.3) is 5.91 Å². The lowest BCUT2D eigenvalue weighted by molar-refractivity contribution is -0.149. The number of hydrogen-bond acceptors (Lipinski definition) is 3. The van der Waals surface area contributed by atoms with Crippen molar-refractivity contribution in [3.63, 3.8) is 0 Å². The minimum absolute atomic E-state index is 0.136. The number of amides is 1. The Morgan fingerprint density at radius 1 is 1.27 bits per heavy atom. The van der Waals surface area contributed by atoms with Crippen molar-refractivity contribution in [2.24, 2.45) is 5.41 Å². The van der Waals surface area contributed by atoms with Crippen LogP contribution in [0, 0.1) is 5.41 Å². The molecule has 0 aromatic carbocycles. The van der Waals surface area contributed by atoms with E-state index in [-0.39, 0.29) is 12.5 Å². The Kier molecular flexibility index (Phi) is 5.03. The highest BCUT2D eigenvalue weighted by atomic mass is 32.1. The van der Waals surface area contributed by atoms with Gasteiger partial charge in [-0.1, -0.05) is 13.8 Å². The van der Waals surface area contributed by atoms with Crippen LogP contribution < -0.4 is 5.32 Å². The second-order valence-electron chi connectivity index (χ2n) is 5.20. The normalized spacial score (nSPS) is 11.4. The van der Waals surface area contributed by atoms with E-state index in [9.17, 15) is 14.7 Å². The Bertz CT molecular complexity index is 642. The number of carboxylic acid groups (broad SMARTS) is 1. The van der Waals surface area contributed by atoms with Crippen molar-refractivity contribution in [3.05, 3.63) is 40.8 Å². The van der Waals surface area contributed by atoms with E-state index in [1.165, 1.54) is 11.3 Å². The third kappa shape index (κ3) is 3.06. The van der Waals surface area contributed by atoms with Gasteiger partial charge in [-0.05, 0) is 36.4 Å². The van der Waals surface area contributed by atoms with Crippen molar-refractivity contribution in [2.75, 3.05) is 6.54 Å². The molecule has 118 valence electrons. The molecule has 6 heteroatoms. The third-order valence-electron chi connectivity index (χ3n) is 4.13. The minimum atomic E-state index is -0.902. The highest BCUT2D eigenvalue weighted by Crippen LogP contribution is 2.27. The second kappa shape index (κ2) is 6.79. The summed E-state index contributed by atoms with van der Waals surface area (Å²) >= 11 is 1.35. The molecule has 22 heavy (non-hydrogen) atoms. The van der Waals surface area contributed by atoms with Gasteiger partial charge >= 0.3 is 5.97 Å². The zero-order valence-corrected chi connectivity index (χ0v) is 13.5. The summed E-state index contributed by atoms with van der Waals surface area (Å²) in [5.41, 5.74) is -0.0954. The molecule has 1 amide bonds. The summed E-state index contributed by atoms with van der Waals surface area (Å²) in [5.74, 6) is -1.10. The number of nitrogens with one attached hydrogen (secondary N) is 1. The minimum Gasteiger partial charge on any atom is -0.481 e. The van der Waals surface area contributed by atoms with Gasteiger partial charge in [0.2, 0.25) is 0 Å². The number of thiophene rings is 1. The van der Waals surface area contributed by atoms with Crippen LogP contribution in [0.25, 0.3) is 5.69 Å². The van der Waals surface area contributed by atoms with E-state index in [0.29, 0.717) is 17.7 Å². The Morgan fingerprint density at radius 2 is 1.91 bits per heavy atom. The predicted octanol–water partition coefficient (Wildman–Crippen LogP) is 3.16. The molecule has 2 heterocycles. The largest absolute Gasteiger partial charge is 0.481 e. The first-order valence-corrected chi connectivity index (χ1v) is 8.14. The summed E-state index contributed by atoms with van der Waals surface area (Å²) in [4.78, 5) is 24.5. The first-order valence-electron chi connectivity index (χ1n) is 7.26. The van der Waals surface area contributed by atoms with E-state index >= 15 is 0 Å². The van der Waals surface area contributed by atoms with Gasteiger partial charge in [-0.15, -0.1) is 11.3 Å². The molecule has 0 saturated carbocycles. The molecule has 0 fully saturated rings. The second-order valence-corrected chi connectivity index (χ2v) is 6.12. The molecule has 0 radical (unpaired) electrons. The molecule has 2 rings (SSSR count). The first kappa shape index (κ1) is 16.3.